The number of amidine groups is 1. The molecule has 0 bridgehead atoms. The molecule has 2 heteroatoms. The zero-order chi connectivity index (χ0) is 17.5. The maximum atomic E-state index is 5.05. The zero-order valence-electron chi connectivity index (χ0n) is 15.5. The molecule has 25 heavy (non-hydrogen) atoms. The standard InChI is InChI=1S/C23H30N2/c1-18(19(2)25-23-16-8-3-4-11-17-24-23)21-14-9-10-15-22(21)20-12-6-5-7-13-20/h5-7,9-10,12-15,18-19H,3-4,8,11,16-17H2,1-2H3,(H,24,25). The van der Waals surface area contributed by atoms with E-state index in [2.05, 4.69) is 73.8 Å². The van der Waals surface area contributed by atoms with Gasteiger partial charge in [0.15, 0.2) is 0 Å². The summed E-state index contributed by atoms with van der Waals surface area (Å²) < 4.78 is 0. The van der Waals surface area contributed by atoms with E-state index in [0.717, 1.165) is 13.0 Å². The Balaban J connectivity index is 1.81. The number of rotatable bonds is 4. The number of nitrogens with zero attached hydrogens (tertiary/aromatic N) is 1. The number of hydrogen-bond acceptors (Lipinski definition) is 1. The lowest BCUT2D eigenvalue weighted by Crippen LogP contribution is -2.28. The van der Waals surface area contributed by atoms with Gasteiger partial charge in [0, 0.05) is 18.9 Å². The van der Waals surface area contributed by atoms with Crippen molar-refractivity contribution < 1.29 is 0 Å². The highest BCUT2D eigenvalue weighted by Gasteiger charge is 2.18. The molecule has 132 valence electrons. The highest BCUT2D eigenvalue weighted by Crippen LogP contribution is 2.32. The molecule has 1 saturated heterocycles. The first-order valence-corrected chi connectivity index (χ1v) is 9.70. The van der Waals surface area contributed by atoms with E-state index >= 15 is 0 Å². The summed E-state index contributed by atoms with van der Waals surface area (Å²) in [5, 5.41) is 3.56. The van der Waals surface area contributed by atoms with Gasteiger partial charge in [-0.2, -0.15) is 0 Å². The third-order valence-electron chi connectivity index (χ3n) is 5.29. The molecule has 2 aromatic rings. The summed E-state index contributed by atoms with van der Waals surface area (Å²) in [7, 11) is 0. The molecule has 2 aromatic carbocycles. The Kier molecular flexibility index (Phi) is 6.27. The Labute approximate surface area is 152 Å². The third-order valence-corrected chi connectivity index (χ3v) is 5.29. The second-order valence-corrected chi connectivity index (χ2v) is 7.15. The molecule has 0 radical (unpaired) electrons. The van der Waals surface area contributed by atoms with Gasteiger partial charge < -0.3 is 5.32 Å². The van der Waals surface area contributed by atoms with Gasteiger partial charge in [0.25, 0.3) is 0 Å². The van der Waals surface area contributed by atoms with Crippen molar-refractivity contribution in [3.05, 3.63) is 60.2 Å². The second-order valence-electron chi connectivity index (χ2n) is 7.15. The average Bonchev–Trinajstić information content (AvgIpc) is 2.64. The third kappa shape index (κ3) is 4.72. The van der Waals surface area contributed by atoms with Crippen LogP contribution in [0.2, 0.25) is 0 Å². The molecule has 0 amide bonds. The van der Waals surface area contributed by atoms with Crippen LogP contribution in [-0.4, -0.2) is 18.4 Å². The van der Waals surface area contributed by atoms with Gasteiger partial charge in [0.1, 0.15) is 0 Å². The minimum Gasteiger partial charge on any atom is -0.374 e. The van der Waals surface area contributed by atoms with Crippen LogP contribution in [0.4, 0.5) is 0 Å². The van der Waals surface area contributed by atoms with E-state index in [9.17, 15) is 0 Å². The second kappa shape index (κ2) is 8.84. The number of nitrogens with one attached hydrogen (secondary N) is 1. The Bertz CT molecular complexity index is 680. The molecule has 1 heterocycles. The fourth-order valence-corrected chi connectivity index (χ4v) is 3.59. The molecule has 0 saturated carbocycles. The fraction of sp³-hybridized carbons (Fsp3) is 0.435. The summed E-state index contributed by atoms with van der Waals surface area (Å²) in [6.07, 6.45) is 6.29. The van der Waals surface area contributed by atoms with Crippen LogP contribution in [0.25, 0.3) is 11.1 Å². The highest BCUT2D eigenvalue weighted by atomic mass is 15.0. The van der Waals surface area contributed by atoms with E-state index < -0.39 is 0 Å². The minimum atomic E-state index is 0.270. The maximum absolute atomic E-state index is 5.05. The lowest BCUT2D eigenvalue weighted by Gasteiger charge is -2.22. The molecule has 1 N–H and O–H groups in total. The summed E-state index contributed by atoms with van der Waals surface area (Å²) in [6, 6.07) is 19.7. The lowest BCUT2D eigenvalue weighted by molar-refractivity contribution is 0.584. The molecule has 0 spiro atoms. The van der Waals surface area contributed by atoms with Crippen molar-refractivity contribution in [2.45, 2.75) is 57.9 Å². The van der Waals surface area contributed by atoms with E-state index in [1.165, 1.54) is 48.2 Å². The van der Waals surface area contributed by atoms with Crippen LogP contribution in [0.15, 0.2) is 59.6 Å². The van der Waals surface area contributed by atoms with Gasteiger partial charge in [-0.05, 0) is 36.5 Å². The van der Waals surface area contributed by atoms with E-state index in [1.807, 2.05) is 0 Å². The molecule has 3 rings (SSSR count). The van der Waals surface area contributed by atoms with Gasteiger partial charge in [-0.25, -0.2) is 0 Å². The number of benzene rings is 2. The average molecular weight is 335 g/mol. The van der Waals surface area contributed by atoms with Gasteiger partial charge >= 0.3 is 0 Å². The SMILES string of the molecule is CC(/N=C1/CCCCCCN1)C(C)c1ccccc1-c1ccccc1. The molecular weight excluding hydrogens is 304 g/mol. The summed E-state index contributed by atoms with van der Waals surface area (Å²) in [5.41, 5.74) is 4.00. The van der Waals surface area contributed by atoms with E-state index in [1.54, 1.807) is 0 Å². The first kappa shape index (κ1) is 17.7. The molecule has 2 nitrogen and oxygen atoms in total. The van der Waals surface area contributed by atoms with E-state index in [4.69, 9.17) is 4.99 Å². The number of hydrogen-bond donors (Lipinski definition) is 1. The summed E-state index contributed by atoms with van der Waals surface area (Å²) in [6.45, 7) is 5.62. The van der Waals surface area contributed by atoms with Crippen LogP contribution in [0.5, 0.6) is 0 Å². The summed E-state index contributed by atoms with van der Waals surface area (Å²) in [4.78, 5) is 5.05. The Hall–Kier alpha value is -2.09. The van der Waals surface area contributed by atoms with Crippen LogP contribution in [-0.2, 0) is 0 Å². The summed E-state index contributed by atoms with van der Waals surface area (Å²) in [5.74, 6) is 1.59. The Morgan fingerprint density at radius 1 is 0.840 bits per heavy atom. The van der Waals surface area contributed by atoms with Crippen molar-refractivity contribution in [1.29, 1.82) is 0 Å². The predicted molar refractivity (Wildman–Crippen MR) is 108 cm³/mol. The minimum absolute atomic E-state index is 0.270. The smallest absolute Gasteiger partial charge is 0.0966 e. The van der Waals surface area contributed by atoms with Crippen LogP contribution >= 0.6 is 0 Å². The Morgan fingerprint density at radius 2 is 1.56 bits per heavy atom. The molecule has 1 fully saturated rings. The van der Waals surface area contributed by atoms with Gasteiger partial charge in [-0.1, -0.05) is 74.4 Å². The molecule has 2 atom stereocenters. The van der Waals surface area contributed by atoms with Crippen LogP contribution in [0.3, 0.4) is 0 Å². The van der Waals surface area contributed by atoms with Crippen molar-refractivity contribution >= 4 is 5.84 Å². The van der Waals surface area contributed by atoms with Gasteiger partial charge in [0.05, 0.1) is 11.9 Å². The first-order valence-electron chi connectivity index (χ1n) is 9.70. The molecule has 0 aromatic heterocycles. The van der Waals surface area contributed by atoms with Crippen molar-refractivity contribution in [3.63, 3.8) is 0 Å². The van der Waals surface area contributed by atoms with E-state index in [-0.39, 0.29) is 6.04 Å². The van der Waals surface area contributed by atoms with Gasteiger partial charge in [-0.15, -0.1) is 0 Å². The van der Waals surface area contributed by atoms with Crippen molar-refractivity contribution in [1.82, 2.24) is 5.32 Å². The molecule has 0 aliphatic carbocycles. The normalized spacial score (nSPS) is 19.5. The largest absolute Gasteiger partial charge is 0.374 e. The molecule has 1 aliphatic rings. The highest BCUT2D eigenvalue weighted by molar-refractivity contribution is 5.82. The van der Waals surface area contributed by atoms with Gasteiger partial charge in [0.2, 0.25) is 0 Å². The van der Waals surface area contributed by atoms with Crippen molar-refractivity contribution in [2.24, 2.45) is 4.99 Å². The topological polar surface area (TPSA) is 24.4 Å². The monoisotopic (exact) mass is 334 g/mol. The first-order chi connectivity index (χ1) is 12.3. The summed E-state index contributed by atoms with van der Waals surface area (Å²) >= 11 is 0. The fourth-order valence-electron chi connectivity index (χ4n) is 3.59. The van der Waals surface area contributed by atoms with Crippen molar-refractivity contribution in [3.8, 4) is 11.1 Å². The Morgan fingerprint density at radius 3 is 2.40 bits per heavy atom. The maximum Gasteiger partial charge on any atom is 0.0966 e. The van der Waals surface area contributed by atoms with Crippen LogP contribution < -0.4 is 5.32 Å². The lowest BCUT2D eigenvalue weighted by atomic mass is 9.88. The molecular formula is C23H30N2. The quantitative estimate of drug-likeness (QED) is 0.751. The molecule has 2 unspecified atom stereocenters. The molecule has 1 aliphatic heterocycles. The predicted octanol–water partition coefficient (Wildman–Crippen LogP) is 5.80. The number of aliphatic imine (C=N–C) groups is 1. The zero-order valence-corrected chi connectivity index (χ0v) is 15.5. The van der Waals surface area contributed by atoms with Gasteiger partial charge in [-0.3, -0.25) is 4.99 Å². The van der Waals surface area contributed by atoms with Crippen LogP contribution in [0, 0.1) is 0 Å². The van der Waals surface area contributed by atoms with Crippen molar-refractivity contribution in [2.75, 3.05) is 6.54 Å². The van der Waals surface area contributed by atoms with E-state index in [0.29, 0.717) is 5.92 Å². The van der Waals surface area contributed by atoms with Crippen LogP contribution in [0.1, 0.15) is 57.4 Å².